The van der Waals surface area contributed by atoms with Gasteiger partial charge in [-0.15, -0.1) is 0 Å². The summed E-state index contributed by atoms with van der Waals surface area (Å²) in [6, 6.07) is 10.8. The molecule has 1 saturated heterocycles. The maximum absolute atomic E-state index is 12.0. The number of amides is 1. The number of hydrogen-bond donors (Lipinski definition) is 2. The molecule has 2 atom stereocenters. The van der Waals surface area contributed by atoms with Gasteiger partial charge in [-0.1, -0.05) is 37.3 Å². The molecule has 1 fully saturated rings. The van der Waals surface area contributed by atoms with E-state index in [1.807, 2.05) is 25.2 Å². The summed E-state index contributed by atoms with van der Waals surface area (Å²) >= 11 is 0. The van der Waals surface area contributed by atoms with E-state index in [-0.39, 0.29) is 5.91 Å². The fraction of sp³-hybridized carbons (Fsp3) is 0.588. The van der Waals surface area contributed by atoms with Gasteiger partial charge >= 0.3 is 0 Å². The second-order valence-corrected chi connectivity index (χ2v) is 6.11. The average molecular weight is 289 g/mol. The minimum Gasteiger partial charge on any atom is -0.354 e. The molecule has 1 aromatic rings. The SMILES string of the molecule is CC(CNC(=O)CN(C)CC1CCCN1)c1ccccc1. The molecule has 2 rings (SSSR count). The predicted octanol–water partition coefficient (Wildman–Crippen LogP) is 1.59. The molecule has 21 heavy (non-hydrogen) atoms. The number of hydrogen-bond acceptors (Lipinski definition) is 3. The van der Waals surface area contributed by atoms with E-state index in [1.165, 1.54) is 18.4 Å². The Kier molecular flexibility index (Phi) is 6.21. The Hall–Kier alpha value is -1.39. The number of carbonyl (C=O) groups excluding carboxylic acids is 1. The third-order valence-corrected chi connectivity index (χ3v) is 4.08. The van der Waals surface area contributed by atoms with Gasteiger partial charge in [-0.05, 0) is 37.9 Å². The highest BCUT2D eigenvalue weighted by molar-refractivity contribution is 5.78. The summed E-state index contributed by atoms with van der Waals surface area (Å²) < 4.78 is 0. The van der Waals surface area contributed by atoms with Crippen molar-refractivity contribution in [3.05, 3.63) is 35.9 Å². The molecule has 1 aromatic carbocycles. The highest BCUT2D eigenvalue weighted by Crippen LogP contribution is 2.12. The summed E-state index contributed by atoms with van der Waals surface area (Å²) in [6.07, 6.45) is 2.47. The Labute approximate surface area is 127 Å². The molecule has 1 aliphatic rings. The highest BCUT2D eigenvalue weighted by atomic mass is 16.2. The Balaban J connectivity index is 1.67. The molecule has 0 radical (unpaired) electrons. The summed E-state index contributed by atoms with van der Waals surface area (Å²) in [5.74, 6) is 0.454. The fourth-order valence-electron chi connectivity index (χ4n) is 2.82. The van der Waals surface area contributed by atoms with Gasteiger partial charge in [-0.2, -0.15) is 0 Å². The van der Waals surface area contributed by atoms with Crippen LogP contribution < -0.4 is 10.6 Å². The van der Waals surface area contributed by atoms with E-state index >= 15 is 0 Å². The van der Waals surface area contributed by atoms with Crippen molar-refractivity contribution in [2.45, 2.75) is 31.7 Å². The largest absolute Gasteiger partial charge is 0.354 e. The van der Waals surface area contributed by atoms with Gasteiger partial charge in [-0.3, -0.25) is 9.69 Å². The lowest BCUT2D eigenvalue weighted by atomic mass is 10.0. The van der Waals surface area contributed by atoms with Crippen molar-refractivity contribution >= 4 is 5.91 Å². The van der Waals surface area contributed by atoms with Gasteiger partial charge in [0, 0.05) is 19.1 Å². The van der Waals surface area contributed by atoms with Crippen molar-refractivity contribution in [2.24, 2.45) is 0 Å². The number of benzene rings is 1. The molecule has 0 aliphatic carbocycles. The lowest BCUT2D eigenvalue weighted by Crippen LogP contribution is -2.41. The van der Waals surface area contributed by atoms with Crippen molar-refractivity contribution in [2.75, 3.05) is 33.2 Å². The third-order valence-electron chi connectivity index (χ3n) is 4.08. The molecule has 1 amide bonds. The first kappa shape index (κ1) is 16.0. The Morgan fingerprint density at radius 3 is 2.86 bits per heavy atom. The first-order chi connectivity index (χ1) is 10.1. The molecule has 0 saturated carbocycles. The van der Waals surface area contributed by atoms with Crippen molar-refractivity contribution < 1.29 is 4.79 Å². The number of carbonyl (C=O) groups is 1. The average Bonchev–Trinajstić information content (AvgIpc) is 2.98. The zero-order valence-corrected chi connectivity index (χ0v) is 13.1. The lowest BCUT2D eigenvalue weighted by Gasteiger charge is -2.21. The van der Waals surface area contributed by atoms with Crippen LogP contribution >= 0.6 is 0 Å². The molecule has 1 aliphatic heterocycles. The summed E-state index contributed by atoms with van der Waals surface area (Å²) in [5.41, 5.74) is 1.27. The normalized spacial score (nSPS) is 19.7. The zero-order valence-electron chi connectivity index (χ0n) is 13.1. The quantitative estimate of drug-likeness (QED) is 0.801. The van der Waals surface area contributed by atoms with Crippen LogP contribution in [0.15, 0.2) is 30.3 Å². The Morgan fingerprint density at radius 2 is 2.19 bits per heavy atom. The number of nitrogens with one attached hydrogen (secondary N) is 2. The Morgan fingerprint density at radius 1 is 1.43 bits per heavy atom. The fourth-order valence-corrected chi connectivity index (χ4v) is 2.82. The van der Waals surface area contributed by atoms with E-state index in [2.05, 4.69) is 34.6 Å². The number of rotatable bonds is 7. The number of nitrogens with zero attached hydrogens (tertiary/aromatic N) is 1. The summed E-state index contributed by atoms with van der Waals surface area (Å²) in [6.45, 7) is 5.36. The van der Waals surface area contributed by atoms with Crippen LogP contribution in [0.4, 0.5) is 0 Å². The van der Waals surface area contributed by atoms with Crippen molar-refractivity contribution in [3.8, 4) is 0 Å². The first-order valence-corrected chi connectivity index (χ1v) is 7.88. The van der Waals surface area contributed by atoms with Gasteiger partial charge in [-0.25, -0.2) is 0 Å². The standard InChI is InChI=1S/C17H27N3O/c1-14(15-7-4-3-5-8-15)11-19-17(21)13-20(2)12-16-9-6-10-18-16/h3-5,7-8,14,16,18H,6,9-13H2,1-2H3,(H,19,21). The van der Waals surface area contributed by atoms with Gasteiger partial charge in [0.15, 0.2) is 0 Å². The van der Waals surface area contributed by atoms with Gasteiger partial charge in [0.25, 0.3) is 0 Å². The molecule has 2 N–H and O–H groups in total. The molecule has 1 heterocycles. The molecule has 116 valence electrons. The minimum absolute atomic E-state index is 0.110. The molecule has 2 unspecified atom stereocenters. The monoisotopic (exact) mass is 289 g/mol. The van der Waals surface area contributed by atoms with Crippen LogP contribution in [0.3, 0.4) is 0 Å². The molecule has 4 heteroatoms. The smallest absolute Gasteiger partial charge is 0.234 e. The van der Waals surface area contributed by atoms with Crippen LogP contribution in [0.25, 0.3) is 0 Å². The maximum Gasteiger partial charge on any atom is 0.234 e. The summed E-state index contributed by atoms with van der Waals surface area (Å²) in [4.78, 5) is 14.1. The van der Waals surface area contributed by atoms with E-state index in [0.29, 0.717) is 25.0 Å². The predicted molar refractivity (Wildman–Crippen MR) is 86.4 cm³/mol. The van der Waals surface area contributed by atoms with Crippen LogP contribution in [-0.2, 0) is 4.79 Å². The van der Waals surface area contributed by atoms with Crippen LogP contribution in [0.5, 0.6) is 0 Å². The minimum atomic E-state index is 0.110. The topological polar surface area (TPSA) is 44.4 Å². The number of likely N-dealkylation sites (N-methyl/N-ethyl adjacent to an activating group) is 1. The van der Waals surface area contributed by atoms with Crippen molar-refractivity contribution in [1.29, 1.82) is 0 Å². The lowest BCUT2D eigenvalue weighted by molar-refractivity contribution is -0.122. The molecule has 0 spiro atoms. The van der Waals surface area contributed by atoms with Crippen LogP contribution in [-0.4, -0.2) is 50.1 Å². The van der Waals surface area contributed by atoms with Crippen molar-refractivity contribution in [3.63, 3.8) is 0 Å². The van der Waals surface area contributed by atoms with Crippen LogP contribution in [0.1, 0.15) is 31.2 Å². The van der Waals surface area contributed by atoms with Crippen LogP contribution in [0.2, 0.25) is 0 Å². The van der Waals surface area contributed by atoms with E-state index in [1.54, 1.807) is 0 Å². The van der Waals surface area contributed by atoms with E-state index < -0.39 is 0 Å². The zero-order chi connectivity index (χ0) is 15.1. The Bertz CT molecular complexity index is 429. The van der Waals surface area contributed by atoms with E-state index in [9.17, 15) is 4.79 Å². The van der Waals surface area contributed by atoms with Gasteiger partial charge < -0.3 is 10.6 Å². The molecule has 0 aromatic heterocycles. The molecule has 4 nitrogen and oxygen atoms in total. The van der Waals surface area contributed by atoms with E-state index in [0.717, 1.165) is 13.1 Å². The van der Waals surface area contributed by atoms with Crippen LogP contribution in [0, 0.1) is 0 Å². The molecular weight excluding hydrogens is 262 g/mol. The highest BCUT2D eigenvalue weighted by Gasteiger charge is 2.17. The maximum atomic E-state index is 12.0. The molecule has 0 bridgehead atoms. The van der Waals surface area contributed by atoms with E-state index in [4.69, 9.17) is 0 Å². The third kappa shape index (κ3) is 5.48. The second-order valence-electron chi connectivity index (χ2n) is 6.11. The van der Waals surface area contributed by atoms with Gasteiger partial charge in [0.2, 0.25) is 5.91 Å². The van der Waals surface area contributed by atoms with Gasteiger partial charge in [0.05, 0.1) is 6.54 Å². The molecular formula is C17H27N3O. The van der Waals surface area contributed by atoms with Crippen molar-refractivity contribution in [1.82, 2.24) is 15.5 Å². The second kappa shape index (κ2) is 8.15. The summed E-state index contributed by atoms with van der Waals surface area (Å²) in [5, 5.41) is 6.49. The first-order valence-electron chi connectivity index (χ1n) is 7.88. The van der Waals surface area contributed by atoms with Gasteiger partial charge in [0.1, 0.15) is 0 Å². The summed E-state index contributed by atoms with van der Waals surface area (Å²) in [7, 11) is 2.01.